The molecule has 0 amide bonds. The van der Waals surface area contributed by atoms with Gasteiger partial charge in [-0.1, -0.05) is 36.4 Å². The van der Waals surface area contributed by atoms with Crippen LogP contribution in [0.3, 0.4) is 0 Å². The maximum atomic E-state index is 13.5. The van der Waals surface area contributed by atoms with E-state index in [2.05, 4.69) is 5.09 Å². The lowest BCUT2D eigenvalue weighted by atomic mass is 10.0. The summed E-state index contributed by atoms with van der Waals surface area (Å²) in [4.78, 5) is 0. The second kappa shape index (κ2) is 8.04. The molecule has 140 valence electrons. The van der Waals surface area contributed by atoms with Crippen LogP contribution >= 0.6 is 7.52 Å². The SMILES string of the molecule is CO[Si](CCCNP1(=O)Oc2ccccc2-c2ccccc21)(OC)OC. The summed E-state index contributed by atoms with van der Waals surface area (Å²) < 4.78 is 35.7. The first-order chi connectivity index (χ1) is 12.6. The molecule has 26 heavy (non-hydrogen) atoms. The number of rotatable bonds is 8. The minimum absolute atomic E-state index is 0.499. The Hall–Kier alpha value is -1.47. The van der Waals surface area contributed by atoms with Crippen molar-refractivity contribution in [1.82, 2.24) is 5.09 Å². The van der Waals surface area contributed by atoms with Gasteiger partial charge in [0.2, 0.25) is 0 Å². The Morgan fingerprint density at radius 1 is 0.962 bits per heavy atom. The molecule has 1 N–H and O–H groups in total. The van der Waals surface area contributed by atoms with Gasteiger partial charge in [-0.2, -0.15) is 0 Å². The van der Waals surface area contributed by atoms with Crippen LogP contribution in [0, 0.1) is 0 Å². The summed E-state index contributed by atoms with van der Waals surface area (Å²) in [5.41, 5.74) is 1.90. The van der Waals surface area contributed by atoms with Gasteiger partial charge in [-0.15, -0.1) is 0 Å². The highest BCUT2D eigenvalue weighted by molar-refractivity contribution is 7.65. The molecule has 3 rings (SSSR count). The van der Waals surface area contributed by atoms with Crippen LogP contribution in [0.25, 0.3) is 11.1 Å². The monoisotopic (exact) mass is 393 g/mol. The normalized spacial score (nSPS) is 18.7. The van der Waals surface area contributed by atoms with E-state index in [0.29, 0.717) is 30.1 Å². The maximum absolute atomic E-state index is 13.5. The molecule has 2 aromatic rings. The van der Waals surface area contributed by atoms with Crippen LogP contribution < -0.4 is 14.9 Å². The van der Waals surface area contributed by atoms with Crippen molar-refractivity contribution in [1.29, 1.82) is 0 Å². The molecule has 6 nitrogen and oxygen atoms in total. The van der Waals surface area contributed by atoms with Crippen molar-refractivity contribution in [3.63, 3.8) is 0 Å². The highest BCUT2D eigenvalue weighted by Crippen LogP contribution is 2.51. The summed E-state index contributed by atoms with van der Waals surface area (Å²) in [5.74, 6) is 0.636. The Balaban J connectivity index is 1.75. The fourth-order valence-corrected chi connectivity index (χ4v) is 6.86. The molecule has 0 spiro atoms. The number of nitrogens with one attached hydrogen (secondary N) is 1. The third kappa shape index (κ3) is 3.64. The van der Waals surface area contributed by atoms with Gasteiger partial charge >= 0.3 is 16.3 Å². The van der Waals surface area contributed by atoms with E-state index in [9.17, 15) is 4.57 Å². The van der Waals surface area contributed by atoms with Crippen LogP contribution in [-0.2, 0) is 17.8 Å². The van der Waals surface area contributed by atoms with Crippen LogP contribution in [-0.4, -0.2) is 36.7 Å². The Bertz CT molecular complexity index is 803. The van der Waals surface area contributed by atoms with Gasteiger partial charge in [-0.25, -0.2) is 5.09 Å². The third-order valence-electron chi connectivity index (χ3n) is 4.54. The summed E-state index contributed by atoms with van der Waals surface area (Å²) in [6.45, 7) is 0.499. The molecular weight excluding hydrogens is 369 g/mol. The average molecular weight is 393 g/mol. The second-order valence-corrected chi connectivity index (χ2v) is 11.1. The first-order valence-corrected chi connectivity index (χ1v) is 12.0. The molecule has 1 aliphatic heterocycles. The molecule has 1 heterocycles. The van der Waals surface area contributed by atoms with Crippen molar-refractivity contribution in [2.24, 2.45) is 0 Å². The van der Waals surface area contributed by atoms with Gasteiger partial charge in [-0.3, -0.25) is 4.57 Å². The van der Waals surface area contributed by atoms with E-state index in [0.717, 1.165) is 11.1 Å². The van der Waals surface area contributed by atoms with Crippen LogP contribution in [0.2, 0.25) is 6.04 Å². The quantitative estimate of drug-likeness (QED) is 0.421. The number of hydrogen-bond acceptors (Lipinski definition) is 5. The molecule has 0 aliphatic carbocycles. The predicted octanol–water partition coefficient (Wildman–Crippen LogP) is 3.42. The van der Waals surface area contributed by atoms with Crippen molar-refractivity contribution in [3.8, 4) is 16.9 Å². The molecule has 0 fully saturated rings. The van der Waals surface area contributed by atoms with Crippen molar-refractivity contribution in [2.75, 3.05) is 27.9 Å². The van der Waals surface area contributed by atoms with Gasteiger partial charge in [0.05, 0.1) is 5.30 Å². The summed E-state index contributed by atoms with van der Waals surface area (Å²) in [6, 6.07) is 15.9. The minimum atomic E-state index is -3.20. The molecule has 1 aliphatic rings. The highest BCUT2D eigenvalue weighted by atomic mass is 31.2. The molecule has 1 atom stereocenters. The number of fused-ring (bicyclic) bond motifs is 3. The van der Waals surface area contributed by atoms with Crippen LogP contribution in [0.1, 0.15) is 6.42 Å². The van der Waals surface area contributed by atoms with E-state index >= 15 is 0 Å². The molecule has 0 radical (unpaired) electrons. The number of para-hydroxylation sites is 1. The van der Waals surface area contributed by atoms with Crippen molar-refractivity contribution >= 4 is 21.6 Å². The van der Waals surface area contributed by atoms with Crippen molar-refractivity contribution < 1.29 is 22.4 Å². The van der Waals surface area contributed by atoms with Gasteiger partial charge in [0.15, 0.2) is 0 Å². The maximum Gasteiger partial charge on any atom is 0.500 e. The predicted molar refractivity (Wildman–Crippen MR) is 104 cm³/mol. The Labute approximate surface area is 155 Å². The van der Waals surface area contributed by atoms with Gasteiger partial charge in [-0.05, 0) is 18.6 Å². The Morgan fingerprint density at radius 2 is 1.58 bits per heavy atom. The number of benzene rings is 2. The summed E-state index contributed by atoms with van der Waals surface area (Å²) in [6.07, 6.45) is 0.693. The Kier molecular flexibility index (Phi) is 5.97. The lowest BCUT2D eigenvalue weighted by Gasteiger charge is -2.29. The zero-order valence-corrected chi connectivity index (χ0v) is 17.1. The average Bonchev–Trinajstić information content (AvgIpc) is 2.69. The van der Waals surface area contributed by atoms with Gasteiger partial charge in [0.25, 0.3) is 0 Å². The third-order valence-corrected chi connectivity index (χ3v) is 9.49. The number of hydrogen-bond donors (Lipinski definition) is 1. The highest BCUT2D eigenvalue weighted by Gasteiger charge is 2.38. The fraction of sp³-hybridized carbons (Fsp3) is 0.333. The molecule has 0 bridgehead atoms. The molecule has 0 saturated carbocycles. The standard InChI is InChI=1S/C18H24NO5PSi/c1-21-26(22-2,23-3)14-8-13-19-25(20)18-12-7-5-10-16(18)15-9-4-6-11-17(15)24-25/h4-7,9-12H,8,13-14H2,1-3H3,(H,19,20). The van der Waals surface area contributed by atoms with E-state index in [1.807, 2.05) is 48.5 Å². The molecule has 0 saturated heterocycles. The molecule has 8 heteroatoms. The zero-order valence-electron chi connectivity index (χ0n) is 15.2. The largest absolute Gasteiger partial charge is 0.500 e. The summed E-state index contributed by atoms with van der Waals surface area (Å²) in [7, 11) is -1.06. The summed E-state index contributed by atoms with van der Waals surface area (Å²) >= 11 is 0. The van der Waals surface area contributed by atoms with Crippen LogP contribution in [0.5, 0.6) is 5.75 Å². The first-order valence-electron chi connectivity index (χ1n) is 8.47. The Morgan fingerprint density at radius 3 is 2.27 bits per heavy atom. The van der Waals surface area contributed by atoms with Gasteiger partial charge in [0.1, 0.15) is 5.75 Å². The van der Waals surface area contributed by atoms with Crippen molar-refractivity contribution in [3.05, 3.63) is 48.5 Å². The zero-order chi connectivity index (χ0) is 18.6. The van der Waals surface area contributed by atoms with Gasteiger partial charge in [0, 0.05) is 45.0 Å². The van der Waals surface area contributed by atoms with E-state index in [1.54, 1.807) is 21.3 Å². The topological polar surface area (TPSA) is 66.0 Å². The lowest BCUT2D eigenvalue weighted by molar-refractivity contribution is 0.123. The van der Waals surface area contributed by atoms with Crippen LogP contribution in [0.4, 0.5) is 0 Å². The minimum Gasteiger partial charge on any atom is -0.429 e. The summed E-state index contributed by atoms with van der Waals surface area (Å²) in [5, 5.41) is 3.83. The van der Waals surface area contributed by atoms with E-state index in [1.165, 1.54) is 0 Å². The fourth-order valence-electron chi connectivity index (χ4n) is 3.12. The van der Waals surface area contributed by atoms with Crippen LogP contribution in [0.15, 0.2) is 48.5 Å². The molecule has 2 aromatic carbocycles. The first kappa shape index (κ1) is 19.3. The second-order valence-electron chi connectivity index (χ2n) is 5.96. The lowest BCUT2D eigenvalue weighted by Crippen LogP contribution is -2.43. The molecule has 0 aromatic heterocycles. The van der Waals surface area contributed by atoms with E-state index in [-0.39, 0.29) is 0 Å². The van der Waals surface area contributed by atoms with E-state index < -0.39 is 16.3 Å². The van der Waals surface area contributed by atoms with Gasteiger partial charge < -0.3 is 17.8 Å². The van der Waals surface area contributed by atoms with E-state index in [4.69, 9.17) is 17.8 Å². The molecular formula is C18H24NO5PSi. The van der Waals surface area contributed by atoms with Crippen molar-refractivity contribution in [2.45, 2.75) is 12.5 Å². The smallest absolute Gasteiger partial charge is 0.429 e. The molecule has 1 unspecified atom stereocenters.